The Bertz CT molecular complexity index is 885. The summed E-state index contributed by atoms with van der Waals surface area (Å²) in [6.07, 6.45) is 1.75. The predicted octanol–water partition coefficient (Wildman–Crippen LogP) is 3.66. The quantitative estimate of drug-likeness (QED) is 0.713. The van der Waals surface area contributed by atoms with Crippen molar-refractivity contribution in [3.63, 3.8) is 0 Å². The van der Waals surface area contributed by atoms with Crippen molar-refractivity contribution in [2.75, 3.05) is 0 Å². The lowest BCUT2D eigenvalue weighted by atomic mass is 9.93. The Morgan fingerprint density at radius 3 is 2.60 bits per heavy atom. The average Bonchev–Trinajstić information content (AvgIpc) is 3.21. The number of benzene rings is 1. The van der Waals surface area contributed by atoms with Crippen molar-refractivity contribution in [1.82, 2.24) is 24.9 Å². The van der Waals surface area contributed by atoms with E-state index >= 15 is 0 Å². The van der Waals surface area contributed by atoms with Crippen molar-refractivity contribution >= 4 is 0 Å². The smallest absolute Gasteiger partial charge is 0.230 e. The van der Waals surface area contributed by atoms with Crippen molar-refractivity contribution in [1.29, 1.82) is 0 Å². The molecular weight excluding hydrogens is 314 g/mol. The van der Waals surface area contributed by atoms with Crippen LogP contribution in [0.1, 0.15) is 56.2 Å². The van der Waals surface area contributed by atoms with Gasteiger partial charge < -0.3 is 9.09 Å². The van der Waals surface area contributed by atoms with E-state index in [0.717, 1.165) is 36.6 Å². The highest BCUT2D eigenvalue weighted by Crippen LogP contribution is 2.32. The van der Waals surface area contributed by atoms with Gasteiger partial charge in [0.2, 0.25) is 11.7 Å². The monoisotopic (exact) mass is 337 g/mol. The van der Waals surface area contributed by atoms with E-state index in [-0.39, 0.29) is 11.3 Å². The molecule has 6 nitrogen and oxygen atoms in total. The molecule has 0 fully saturated rings. The molecule has 1 aliphatic heterocycles. The maximum absolute atomic E-state index is 5.56. The van der Waals surface area contributed by atoms with E-state index in [2.05, 4.69) is 64.7 Å². The summed E-state index contributed by atoms with van der Waals surface area (Å²) in [5.41, 5.74) is 2.20. The van der Waals surface area contributed by atoms with E-state index in [1.807, 2.05) is 12.1 Å². The lowest BCUT2D eigenvalue weighted by molar-refractivity contribution is 0.319. The first-order chi connectivity index (χ1) is 11.9. The second kappa shape index (κ2) is 5.79. The Labute approximate surface area is 147 Å². The number of nitrogens with zero attached hydrogens (tertiary/aromatic N) is 5. The van der Waals surface area contributed by atoms with Crippen LogP contribution in [0.15, 0.2) is 28.8 Å². The van der Waals surface area contributed by atoms with Crippen LogP contribution in [0.4, 0.5) is 0 Å². The summed E-state index contributed by atoms with van der Waals surface area (Å²) in [4.78, 5) is 4.63. The highest BCUT2D eigenvalue weighted by Gasteiger charge is 2.31. The van der Waals surface area contributed by atoms with E-state index < -0.39 is 0 Å². The summed E-state index contributed by atoms with van der Waals surface area (Å²) < 4.78 is 7.80. The van der Waals surface area contributed by atoms with Gasteiger partial charge in [-0.3, -0.25) is 0 Å². The summed E-state index contributed by atoms with van der Waals surface area (Å²) in [5.74, 6) is 3.61. The molecule has 0 spiro atoms. The maximum atomic E-state index is 5.56. The topological polar surface area (TPSA) is 69.6 Å². The van der Waals surface area contributed by atoms with Gasteiger partial charge in [-0.15, -0.1) is 10.2 Å². The van der Waals surface area contributed by atoms with Crippen LogP contribution in [0.3, 0.4) is 0 Å². The fourth-order valence-electron chi connectivity index (χ4n) is 3.32. The molecule has 0 saturated carbocycles. The minimum atomic E-state index is 0.00117. The molecule has 0 radical (unpaired) electrons. The lowest BCUT2D eigenvalue weighted by Gasteiger charge is -2.24. The van der Waals surface area contributed by atoms with Crippen LogP contribution in [0.2, 0.25) is 0 Å². The molecule has 0 saturated heterocycles. The Kier molecular flexibility index (Phi) is 3.71. The van der Waals surface area contributed by atoms with Crippen molar-refractivity contribution in [3.05, 3.63) is 47.4 Å². The van der Waals surface area contributed by atoms with E-state index in [0.29, 0.717) is 11.7 Å². The number of hydrogen-bond acceptors (Lipinski definition) is 5. The number of rotatable bonds is 2. The highest BCUT2D eigenvalue weighted by molar-refractivity contribution is 5.54. The molecule has 130 valence electrons. The Morgan fingerprint density at radius 2 is 1.88 bits per heavy atom. The molecule has 1 aliphatic rings. The summed E-state index contributed by atoms with van der Waals surface area (Å²) in [6, 6.07) is 8.17. The predicted molar refractivity (Wildman–Crippen MR) is 94.3 cm³/mol. The second-order valence-corrected chi connectivity index (χ2v) is 7.85. The summed E-state index contributed by atoms with van der Waals surface area (Å²) >= 11 is 0. The zero-order valence-corrected chi connectivity index (χ0v) is 15.2. The molecule has 3 heterocycles. The van der Waals surface area contributed by atoms with Gasteiger partial charge in [0.05, 0.1) is 0 Å². The van der Waals surface area contributed by atoms with Crippen LogP contribution < -0.4 is 0 Å². The number of fused-ring (bicyclic) bond motifs is 1. The lowest BCUT2D eigenvalue weighted by Crippen LogP contribution is -2.25. The summed E-state index contributed by atoms with van der Waals surface area (Å²) in [7, 11) is 0. The van der Waals surface area contributed by atoms with Crippen LogP contribution in [0.25, 0.3) is 11.4 Å². The molecule has 6 heteroatoms. The molecule has 1 aromatic carbocycles. The largest absolute Gasteiger partial charge is 0.339 e. The standard InChI is InChI=1S/C19H23N5O/c1-12-5-7-13(8-6-12)16-20-17(25-23-16)14-9-10-24-15(11-14)21-22-18(24)19(2,3)4/h5-8,14H,9-11H2,1-4H3. The van der Waals surface area contributed by atoms with Crippen LogP contribution in [0.5, 0.6) is 0 Å². The first-order valence-electron chi connectivity index (χ1n) is 8.75. The third-order valence-corrected chi connectivity index (χ3v) is 4.73. The van der Waals surface area contributed by atoms with Gasteiger partial charge in [0, 0.05) is 29.9 Å². The van der Waals surface area contributed by atoms with Gasteiger partial charge in [-0.1, -0.05) is 55.8 Å². The molecular formula is C19H23N5O. The molecule has 0 N–H and O–H groups in total. The highest BCUT2D eigenvalue weighted by atomic mass is 16.5. The van der Waals surface area contributed by atoms with Crippen LogP contribution in [-0.4, -0.2) is 24.9 Å². The minimum Gasteiger partial charge on any atom is -0.339 e. The van der Waals surface area contributed by atoms with E-state index in [9.17, 15) is 0 Å². The molecule has 0 aliphatic carbocycles. The van der Waals surface area contributed by atoms with Crippen molar-refractivity contribution in [2.45, 2.75) is 58.4 Å². The molecule has 0 bridgehead atoms. The van der Waals surface area contributed by atoms with Crippen LogP contribution in [-0.2, 0) is 18.4 Å². The van der Waals surface area contributed by atoms with Crippen molar-refractivity contribution in [3.8, 4) is 11.4 Å². The fourth-order valence-corrected chi connectivity index (χ4v) is 3.32. The first-order valence-corrected chi connectivity index (χ1v) is 8.75. The molecule has 0 amide bonds. The van der Waals surface area contributed by atoms with Crippen LogP contribution >= 0.6 is 0 Å². The van der Waals surface area contributed by atoms with Gasteiger partial charge in [0.25, 0.3) is 0 Å². The fraction of sp³-hybridized carbons (Fsp3) is 0.474. The zero-order valence-electron chi connectivity index (χ0n) is 15.2. The third kappa shape index (κ3) is 2.97. The van der Waals surface area contributed by atoms with Gasteiger partial charge in [0.15, 0.2) is 0 Å². The summed E-state index contributed by atoms with van der Waals surface area (Å²) in [5, 5.41) is 13.0. The Hall–Kier alpha value is -2.50. The zero-order chi connectivity index (χ0) is 17.6. The van der Waals surface area contributed by atoms with Gasteiger partial charge >= 0.3 is 0 Å². The minimum absolute atomic E-state index is 0.00117. The SMILES string of the molecule is Cc1ccc(-c2noc(C3CCn4c(nnc4C(C)(C)C)C3)n2)cc1. The molecule has 2 aromatic heterocycles. The third-order valence-electron chi connectivity index (χ3n) is 4.73. The van der Waals surface area contributed by atoms with E-state index in [4.69, 9.17) is 4.52 Å². The van der Waals surface area contributed by atoms with E-state index in [1.165, 1.54) is 5.56 Å². The molecule has 1 unspecified atom stereocenters. The summed E-state index contributed by atoms with van der Waals surface area (Å²) in [6.45, 7) is 9.46. The van der Waals surface area contributed by atoms with Gasteiger partial charge in [0.1, 0.15) is 11.6 Å². The molecule has 3 aromatic rings. The number of aromatic nitrogens is 5. The van der Waals surface area contributed by atoms with Gasteiger partial charge in [-0.05, 0) is 13.3 Å². The Morgan fingerprint density at radius 1 is 1.12 bits per heavy atom. The van der Waals surface area contributed by atoms with E-state index in [1.54, 1.807) is 0 Å². The second-order valence-electron chi connectivity index (χ2n) is 7.85. The number of aryl methyl sites for hydroxylation is 1. The van der Waals surface area contributed by atoms with Gasteiger partial charge in [-0.25, -0.2) is 0 Å². The number of hydrogen-bond donors (Lipinski definition) is 0. The van der Waals surface area contributed by atoms with Crippen LogP contribution in [0, 0.1) is 6.92 Å². The maximum Gasteiger partial charge on any atom is 0.230 e. The molecule has 4 rings (SSSR count). The van der Waals surface area contributed by atoms with Gasteiger partial charge in [-0.2, -0.15) is 4.98 Å². The molecule has 25 heavy (non-hydrogen) atoms. The normalized spacial score (nSPS) is 17.5. The molecule has 1 atom stereocenters. The Balaban J connectivity index is 1.57. The average molecular weight is 337 g/mol. The first kappa shape index (κ1) is 16.0. The van der Waals surface area contributed by atoms with Crippen molar-refractivity contribution < 1.29 is 4.52 Å². The van der Waals surface area contributed by atoms with Crippen molar-refractivity contribution in [2.24, 2.45) is 0 Å².